The summed E-state index contributed by atoms with van der Waals surface area (Å²) >= 11 is 0. The van der Waals surface area contributed by atoms with E-state index >= 15 is 0 Å². The largest absolute Gasteiger partial charge is 0.453 e. The van der Waals surface area contributed by atoms with Gasteiger partial charge < -0.3 is 5.32 Å². The number of hydrogen-bond donors (Lipinski definition) is 2. The number of nitrogens with zero attached hydrogens (tertiary/aromatic N) is 5. The highest BCUT2D eigenvalue weighted by Gasteiger charge is 2.37. The lowest BCUT2D eigenvalue weighted by Gasteiger charge is -2.20. The highest BCUT2D eigenvalue weighted by atomic mass is 19.4. The van der Waals surface area contributed by atoms with E-state index in [1.165, 1.54) is 32.1 Å². The minimum Gasteiger partial charge on any atom is -0.309 e. The monoisotopic (exact) mass is 435 g/mol. The van der Waals surface area contributed by atoms with Crippen molar-refractivity contribution in [1.82, 2.24) is 29.8 Å². The summed E-state index contributed by atoms with van der Waals surface area (Å²) in [5.74, 6) is -0.665. The second-order valence-corrected chi connectivity index (χ2v) is 8.12. The van der Waals surface area contributed by atoms with Crippen molar-refractivity contribution >= 4 is 17.5 Å². The van der Waals surface area contributed by atoms with Gasteiger partial charge in [-0.25, -0.2) is 9.50 Å². The third-order valence-electron chi connectivity index (χ3n) is 5.77. The molecule has 0 unspecified atom stereocenters. The zero-order valence-electron chi connectivity index (χ0n) is 17.4. The third kappa shape index (κ3) is 4.70. The molecule has 11 heteroatoms. The lowest BCUT2D eigenvalue weighted by Crippen LogP contribution is -2.18. The van der Waals surface area contributed by atoms with Crippen LogP contribution in [0.2, 0.25) is 0 Å². The van der Waals surface area contributed by atoms with E-state index in [1.54, 1.807) is 13.8 Å². The van der Waals surface area contributed by atoms with Crippen LogP contribution in [-0.4, -0.2) is 35.7 Å². The fourth-order valence-electron chi connectivity index (χ4n) is 4.16. The normalized spacial score (nSPS) is 15.5. The molecule has 3 aromatic rings. The van der Waals surface area contributed by atoms with Crippen molar-refractivity contribution in [2.75, 3.05) is 5.32 Å². The number of carbonyl (C=O) groups is 1. The molecular formula is C20H24F3N7O. The van der Waals surface area contributed by atoms with Crippen molar-refractivity contribution in [3.63, 3.8) is 0 Å². The molecule has 1 amide bonds. The molecule has 1 aliphatic carbocycles. The highest BCUT2D eigenvalue weighted by Crippen LogP contribution is 2.28. The summed E-state index contributed by atoms with van der Waals surface area (Å²) in [7, 11) is 0. The number of hydrogen-bond acceptors (Lipinski definition) is 5. The van der Waals surface area contributed by atoms with E-state index in [2.05, 4.69) is 30.6 Å². The van der Waals surface area contributed by atoms with Crippen LogP contribution in [-0.2, 0) is 23.8 Å². The van der Waals surface area contributed by atoms with Gasteiger partial charge in [0, 0.05) is 28.7 Å². The number of rotatable bonds is 5. The third-order valence-corrected chi connectivity index (χ3v) is 5.77. The van der Waals surface area contributed by atoms with Crippen LogP contribution in [0.4, 0.5) is 19.0 Å². The maximum absolute atomic E-state index is 12.9. The first-order valence-electron chi connectivity index (χ1n) is 10.3. The Bertz CT molecular complexity index is 1100. The van der Waals surface area contributed by atoms with E-state index in [9.17, 15) is 18.0 Å². The molecule has 166 valence electrons. The first kappa shape index (κ1) is 21.3. The summed E-state index contributed by atoms with van der Waals surface area (Å²) in [4.78, 5) is 20.1. The molecule has 0 radical (unpaired) electrons. The number of aromatic nitrogens is 6. The first-order chi connectivity index (χ1) is 14.7. The maximum Gasteiger partial charge on any atom is 0.453 e. The Hall–Kier alpha value is -2.98. The molecule has 0 aliphatic heterocycles. The highest BCUT2D eigenvalue weighted by molar-refractivity contribution is 5.91. The van der Waals surface area contributed by atoms with E-state index in [4.69, 9.17) is 0 Å². The van der Waals surface area contributed by atoms with Gasteiger partial charge in [-0.05, 0) is 26.2 Å². The summed E-state index contributed by atoms with van der Waals surface area (Å²) in [6, 6.07) is 1.83. The Morgan fingerprint density at radius 3 is 2.68 bits per heavy atom. The molecule has 1 saturated carbocycles. The average molecular weight is 435 g/mol. The van der Waals surface area contributed by atoms with Crippen LogP contribution >= 0.6 is 0 Å². The number of aromatic amines is 1. The van der Waals surface area contributed by atoms with Crippen LogP contribution < -0.4 is 5.32 Å². The van der Waals surface area contributed by atoms with Gasteiger partial charge in [-0.15, -0.1) is 5.10 Å². The van der Waals surface area contributed by atoms with Crippen LogP contribution in [0.25, 0.3) is 5.78 Å². The van der Waals surface area contributed by atoms with Crippen molar-refractivity contribution in [3.05, 3.63) is 34.5 Å². The Morgan fingerprint density at radius 1 is 1.23 bits per heavy atom. The molecule has 0 spiro atoms. The first-order valence-corrected chi connectivity index (χ1v) is 10.3. The molecule has 0 atom stereocenters. The molecule has 0 saturated heterocycles. The van der Waals surface area contributed by atoms with Gasteiger partial charge in [-0.2, -0.15) is 23.3 Å². The van der Waals surface area contributed by atoms with Crippen LogP contribution in [0.3, 0.4) is 0 Å². The maximum atomic E-state index is 12.9. The Balaban J connectivity index is 1.46. The average Bonchev–Trinajstić information content (AvgIpc) is 3.33. The molecule has 0 bridgehead atoms. The van der Waals surface area contributed by atoms with Gasteiger partial charge in [0.15, 0.2) is 5.82 Å². The van der Waals surface area contributed by atoms with Gasteiger partial charge in [0.25, 0.3) is 11.6 Å². The van der Waals surface area contributed by atoms with Crippen molar-refractivity contribution in [2.45, 2.75) is 65.0 Å². The fraction of sp³-hybridized carbons (Fsp3) is 0.550. The van der Waals surface area contributed by atoms with Gasteiger partial charge in [-0.3, -0.25) is 9.89 Å². The molecule has 8 nitrogen and oxygen atoms in total. The quantitative estimate of drug-likeness (QED) is 0.635. The predicted octanol–water partition coefficient (Wildman–Crippen LogP) is 3.79. The minimum absolute atomic E-state index is 0.0629. The molecule has 1 fully saturated rings. The number of nitrogens with one attached hydrogen (secondary N) is 2. The second-order valence-electron chi connectivity index (χ2n) is 8.12. The van der Waals surface area contributed by atoms with Gasteiger partial charge in [0.1, 0.15) is 0 Å². The van der Waals surface area contributed by atoms with Crippen LogP contribution in [0.15, 0.2) is 6.07 Å². The topological polar surface area (TPSA) is 101 Å². The number of H-pyrrole nitrogens is 1. The van der Waals surface area contributed by atoms with Crippen molar-refractivity contribution in [3.8, 4) is 0 Å². The van der Waals surface area contributed by atoms with Crippen molar-refractivity contribution in [1.29, 1.82) is 0 Å². The Labute approximate surface area is 176 Å². The van der Waals surface area contributed by atoms with Gasteiger partial charge >= 0.3 is 6.18 Å². The number of alkyl halides is 3. The molecule has 3 aromatic heterocycles. The van der Waals surface area contributed by atoms with Crippen LogP contribution in [0.1, 0.15) is 60.6 Å². The van der Waals surface area contributed by atoms with E-state index in [1.807, 2.05) is 6.07 Å². The summed E-state index contributed by atoms with van der Waals surface area (Å²) in [6.45, 7) is 3.23. The molecular weight excluding hydrogens is 411 g/mol. The summed E-state index contributed by atoms with van der Waals surface area (Å²) in [5.41, 5.74) is 2.31. The van der Waals surface area contributed by atoms with Gasteiger partial charge in [0.05, 0.1) is 6.42 Å². The van der Waals surface area contributed by atoms with Crippen molar-refractivity contribution in [2.24, 2.45) is 5.92 Å². The second kappa shape index (κ2) is 8.27. The van der Waals surface area contributed by atoms with Crippen molar-refractivity contribution < 1.29 is 18.0 Å². The lowest BCUT2D eigenvalue weighted by atomic mass is 9.86. The predicted molar refractivity (Wildman–Crippen MR) is 106 cm³/mol. The molecule has 4 rings (SSSR count). The summed E-state index contributed by atoms with van der Waals surface area (Å²) < 4.78 is 39.8. The molecule has 3 heterocycles. The molecule has 2 N–H and O–H groups in total. The number of anilines is 1. The number of amides is 1. The number of carbonyl (C=O) groups excluding carboxylic acids is 1. The molecule has 1 aliphatic rings. The van der Waals surface area contributed by atoms with Gasteiger partial charge in [-0.1, -0.05) is 32.1 Å². The summed E-state index contributed by atoms with van der Waals surface area (Å²) in [6.07, 6.45) is 2.43. The number of aryl methyl sites for hydroxylation is 2. The minimum atomic E-state index is -4.67. The Kier molecular flexibility index (Phi) is 5.67. The van der Waals surface area contributed by atoms with E-state index < -0.39 is 12.0 Å². The zero-order chi connectivity index (χ0) is 22.2. The van der Waals surface area contributed by atoms with E-state index in [-0.39, 0.29) is 18.1 Å². The smallest absolute Gasteiger partial charge is 0.309 e. The Morgan fingerprint density at radius 2 is 1.97 bits per heavy atom. The molecule has 0 aromatic carbocycles. The van der Waals surface area contributed by atoms with E-state index in [0.29, 0.717) is 28.7 Å². The number of fused-ring (bicyclic) bond motifs is 1. The summed E-state index contributed by atoms with van der Waals surface area (Å²) in [5, 5.41) is 13.4. The zero-order valence-corrected chi connectivity index (χ0v) is 17.4. The van der Waals surface area contributed by atoms with Crippen LogP contribution in [0, 0.1) is 19.8 Å². The van der Waals surface area contributed by atoms with Crippen LogP contribution in [0.5, 0.6) is 0 Å². The lowest BCUT2D eigenvalue weighted by molar-refractivity contribution is -0.144. The van der Waals surface area contributed by atoms with Gasteiger partial charge in [0.2, 0.25) is 5.91 Å². The number of halogens is 3. The standard InChI is InChI=1S/C20H24F3N7O/c1-11-15(12(2)30-19(24-11)26-18(29-30)20(21,22)23)10-17(31)25-16-9-14(27-28-16)8-13-6-4-3-5-7-13/h9,13H,3-8,10H2,1-2H3,(H2,25,27,28,31). The fourth-order valence-corrected chi connectivity index (χ4v) is 4.16. The SMILES string of the molecule is Cc1nc2nc(C(F)(F)F)nn2c(C)c1CC(=O)Nc1cc(CC2CCCCC2)[nH]n1. The van der Waals surface area contributed by atoms with E-state index in [0.717, 1.165) is 16.6 Å². The molecule has 31 heavy (non-hydrogen) atoms.